The lowest BCUT2D eigenvalue weighted by Gasteiger charge is -2.29. The molecule has 1 N–H and O–H groups in total. The van der Waals surface area contributed by atoms with E-state index < -0.39 is 6.10 Å². The molecule has 0 spiro atoms. The number of rotatable bonds is 7. The maximum atomic E-state index is 13.1. The second kappa shape index (κ2) is 8.86. The van der Waals surface area contributed by atoms with E-state index in [2.05, 4.69) is 24.4 Å². The van der Waals surface area contributed by atoms with Crippen molar-refractivity contribution >= 4 is 5.91 Å². The van der Waals surface area contributed by atoms with Gasteiger partial charge in [-0.25, -0.2) is 0 Å². The lowest BCUT2D eigenvalue weighted by atomic mass is 10.1. The van der Waals surface area contributed by atoms with Gasteiger partial charge in [-0.2, -0.15) is 0 Å². The Morgan fingerprint density at radius 1 is 1.19 bits per heavy atom. The van der Waals surface area contributed by atoms with Gasteiger partial charge in [0.2, 0.25) is 0 Å². The molecule has 2 atom stereocenters. The van der Waals surface area contributed by atoms with Crippen molar-refractivity contribution in [1.29, 1.82) is 0 Å². The maximum absolute atomic E-state index is 13.1. The van der Waals surface area contributed by atoms with Crippen molar-refractivity contribution in [1.82, 2.24) is 10.2 Å². The van der Waals surface area contributed by atoms with E-state index in [1.807, 2.05) is 54.3 Å². The van der Waals surface area contributed by atoms with Gasteiger partial charge in [0, 0.05) is 19.1 Å². The number of amides is 1. The minimum absolute atomic E-state index is 0.0332. The Morgan fingerprint density at radius 2 is 1.92 bits per heavy atom. The van der Waals surface area contributed by atoms with E-state index in [4.69, 9.17) is 4.74 Å². The normalized spacial score (nSPS) is 17.7. The van der Waals surface area contributed by atoms with Gasteiger partial charge in [0.1, 0.15) is 5.75 Å². The van der Waals surface area contributed by atoms with Crippen molar-refractivity contribution in [2.45, 2.75) is 45.4 Å². The van der Waals surface area contributed by atoms with Gasteiger partial charge in [-0.15, -0.1) is 0 Å². The molecule has 2 aromatic rings. The van der Waals surface area contributed by atoms with E-state index in [0.29, 0.717) is 12.6 Å². The molecule has 1 amide bonds. The molecule has 26 heavy (non-hydrogen) atoms. The third kappa shape index (κ3) is 4.85. The molecular formula is C22H28N2O2. The zero-order valence-electron chi connectivity index (χ0n) is 15.7. The Bertz CT molecular complexity index is 711. The summed E-state index contributed by atoms with van der Waals surface area (Å²) >= 11 is 0. The highest BCUT2D eigenvalue weighted by atomic mass is 16.5. The fourth-order valence-electron chi connectivity index (χ4n) is 3.41. The lowest BCUT2D eigenvalue weighted by Crippen LogP contribution is -2.45. The van der Waals surface area contributed by atoms with Gasteiger partial charge in [-0.3, -0.25) is 4.79 Å². The van der Waals surface area contributed by atoms with Gasteiger partial charge in [-0.05, 0) is 56.5 Å². The molecule has 0 aliphatic carbocycles. The van der Waals surface area contributed by atoms with Crippen LogP contribution in [0.4, 0.5) is 0 Å². The SMILES string of the molecule is Cc1ccccc1CN(CC1CCCN1)C(=O)C(C)Oc1ccccc1. The predicted octanol–water partition coefficient (Wildman–Crippen LogP) is 3.54. The number of carbonyl (C=O) groups is 1. The molecule has 3 rings (SSSR count). The molecule has 1 heterocycles. The monoisotopic (exact) mass is 352 g/mol. The lowest BCUT2D eigenvalue weighted by molar-refractivity contribution is -0.139. The van der Waals surface area contributed by atoms with E-state index in [1.165, 1.54) is 17.5 Å². The van der Waals surface area contributed by atoms with Gasteiger partial charge >= 0.3 is 0 Å². The number of para-hydroxylation sites is 1. The van der Waals surface area contributed by atoms with Gasteiger partial charge < -0.3 is 15.0 Å². The van der Waals surface area contributed by atoms with Gasteiger partial charge in [0.25, 0.3) is 5.91 Å². The highest BCUT2D eigenvalue weighted by Crippen LogP contribution is 2.17. The van der Waals surface area contributed by atoms with Crippen LogP contribution < -0.4 is 10.1 Å². The molecule has 1 aliphatic heterocycles. The quantitative estimate of drug-likeness (QED) is 0.829. The Balaban J connectivity index is 1.72. The molecular weight excluding hydrogens is 324 g/mol. The first-order valence-corrected chi connectivity index (χ1v) is 9.42. The standard InChI is InChI=1S/C22H28N2O2/c1-17-9-6-7-10-19(17)15-24(16-20-11-8-14-23-20)22(25)18(2)26-21-12-4-3-5-13-21/h3-7,9-10,12-13,18,20,23H,8,11,14-16H2,1-2H3. The number of benzene rings is 2. The summed E-state index contributed by atoms with van der Waals surface area (Å²) < 4.78 is 5.88. The zero-order valence-corrected chi connectivity index (χ0v) is 15.7. The van der Waals surface area contributed by atoms with Crippen LogP contribution in [0.3, 0.4) is 0 Å². The Hall–Kier alpha value is -2.33. The smallest absolute Gasteiger partial charge is 0.263 e. The van der Waals surface area contributed by atoms with Crippen molar-refractivity contribution in [3.63, 3.8) is 0 Å². The van der Waals surface area contributed by atoms with Crippen LogP contribution in [0.15, 0.2) is 54.6 Å². The molecule has 2 aromatic carbocycles. The van der Waals surface area contributed by atoms with Crippen LogP contribution in [0, 0.1) is 6.92 Å². The minimum Gasteiger partial charge on any atom is -0.481 e. The molecule has 0 aromatic heterocycles. The first-order chi connectivity index (χ1) is 12.6. The van der Waals surface area contributed by atoms with Crippen LogP contribution >= 0.6 is 0 Å². The average molecular weight is 352 g/mol. The first kappa shape index (κ1) is 18.5. The van der Waals surface area contributed by atoms with Crippen LogP contribution in [0.1, 0.15) is 30.9 Å². The zero-order chi connectivity index (χ0) is 18.4. The second-order valence-corrected chi connectivity index (χ2v) is 7.01. The predicted molar refractivity (Wildman–Crippen MR) is 104 cm³/mol. The third-order valence-electron chi connectivity index (χ3n) is 4.94. The van der Waals surface area contributed by atoms with Crippen molar-refractivity contribution in [2.24, 2.45) is 0 Å². The van der Waals surface area contributed by atoms with Crippen LogP contribution in [-0.4, -0.2) is 36.0 Å². The summed E-state index contributed by atoms with van der Waals surface area (Å²) in [6.07, 6.45) is 1.78. The summed E-state index contributed by atoms with van der Waals surface area (Å²) in [5, 5.41) is 3.50. The second-order valence-electron chi connectivity index (χ2n) is 7.01. The van der Waals surface area contributed by atoms with Crippen molar-refractivity contribution in [3.8, 4) is 5.75 Å². The molecule has 1 fully saturated rings. The van der Waals surface area contributed by atoms with Crippen LogP contribution in [0.25, 0.3) is 0 Å². The number of nitrogens with one attached hydrogen (secondary N) is 1. The fourth-order valence-corrected chi connectivity index (χ4v) is 3.41. The Kier molecular flexibility index (Phi) is 6.29. The molecule has 1 aliphatic rings. The van der Waals surface area contributed by atoms with Crippen LogP contribution in [-0.2, 0) is 11.3 Å². The topological polar surface area (TPSA) is 41.6 Å². The summed E-state index contributed by atoms with van der Waals surface area (Å²) in [4.78, 5) is 15.1. The number of hydrogen-bond acceptors (Lipinski definition) is 3. The number of nitrogens with zero attached hydrogens (tertiary/aromatic N) is 1. The summed E-state index contributed by atoms with van der Waals surface area (Å²) in [7, 11) is 0. The summed E-state index contributed by atoms with van der Waals surface area (Å²) in [6.45, 7) is 6.30. The highest BCUT2D eigenvalue weighted by molar-refractivity contribution is 5.81. The maximum Gasteiger partial charge on any atom is 0.263 e. The first-order valence-electron chi connectivity index (χ1n) is 9.42. The van der Waals surface area contributed by atoms with Gasteiger partial charge in [0.15, 0.2) is 6.10 Å². The van der Waals surface area contributed by atoms with Crippen molar-refractivity contribution < 1.29 is 9.53 Å². The molecule has 4 heteroatoms. The average Bonchev–Trinajstić information content (AvgIpc) is 3.16. The Morgan fingerprint density at radius 3 is 2.62 bits per heavy atom. The van der Waals surface area contributed by atoms with E-state index >= 15 is 0 Å². The summed E-state index contributed by atoms with van der Waals surface area (Å²) in [5.41, 5.74) is 2.40. The molecule has 138 valence electrons. The third-order valence-corrected chi connectivity index (χ3v) is 4.94. The van der Waals surface area contributed by atoms with E-state index in [1.54, 1.807) is 0 Å². The summed E-state index contributed by atoms with van der Waals surface area (Å²) in [6, 6.07) is 18.2. The van der Waals surface area contributed by atoms with Crippen LogP contribution in [0.2, 0.25) is 0 Å². The molecule has 0 saturated carbocycles. The number of aryl methyl sites for hydroxylation is 1. The van der Waals surface area contributed by atoms with Gasteiger partial charge in [-0.1, -0.05) is 42.5 Å². The fraction of sp³-hybridized carbons (Fsp3) is 0.409. The van der Waals surface area contributed by atoms with E-state index in [0.717, 1.165) is 25.3 Å². The van der Waals surface area contributed by atoms with Crippen molar-refractivity contribution in [2.75, 3.05) is 13.1 Å². The van der Waals surface area contributed by atoms with E-state index in [9.17, 15) is 4.79 Å². The number of carbonyl (C=O) groups excluding carboxylic acids is 1. The van der Waals surface area contributed by atoms with Gasteiger partial charge in [0.05, 0.1) is 0 Å². The highest BCUT2D eigenvalue weighted by Gasteiger charge is 2.26. The largest absolute Gasteiger partial charge is 0.481 e. The van der Waals surface area contributed by atoms with Crippen LogP contribution in [0.5, 0.6) is 5.75 Å². The Labute approximate surface area is 156 Å². The minimum atomic E-state index is -0.511. The number of ether oxygens (including phenoxy) is 1. The molecule has 0 radical (unpaired) electrons. The molecule has 1 saturated heterocycles. The molecule has 0 bridgehead atoms. The molecule has 2 unspecified atom stereocenters. The summed E-state index contributed by atoms with van der Waals surface area (Å²) in [5.74, 6) is 0.758. The van der Waals surface area contributed by atoms with Crippen molar-refractivity contribution in [3.05, 3.63) is 65.7 Å². The number of hydrogen-bond donors (Lipinski definition) is 1. The molecule has 4 nitrogen and oxygen atoms in total. The van der Waals surface area contributed by atoms with E-state index in [-0.39, 0.29) is 5.91 Å².